The zero-order valence-electron chi connectivity index (χ0n) is 11.6. The van der Waals surface area contributed by atoms with Gasteiger partial charge in [0.25, 0.3) is 0 Å². The summed E-state index contributed by atoms with van der Waals surface area (Å²) in [6.07, 6.45) is 7.77. The molecule has 0 radical (unpaired) electrons. The number of aromatic nitrogens is 5. The van der Waals surface area contributed by atoms with Crippen LogP contribution in [-0.2, 0) is 12.2 Å². The van der Waals surface area contributed by atoms with Gasteiger partial charge in [0.05, 0.1) is 5.75 Å². The number of nitrogens with one attached hydrogen (secondary N) is 1. The molecule has 0 aliphatic heterocycles. The molecule has 20 heavy (non-hydrogen) atoms. The number of H-pyrrole nitrogens is 1. The van der Waals surface area contributed by atoms with E-state index >= 15 is 0 Å². The molecule has 1 N–H and O–H groups in total. The molecule has 1 fully saturated rings. The summed E-state index contributed by atoms with van der Waals surface area (Å²) in [5.74, 6) is 3.76. The van der Waals surface area contributed by atoms with Crippen LogP contribution >= 0.6 is 11.8 Å². The molecule has 6 nitrogen and oxygen atoms in total. The lowest BCUT2D eigenvalue weighted by Crippen LogP contribution is -1.97. The molecule has 0 unspecified atom stereocenters. The van der Waals surface area contributed by atoms with Gasteiger partial charge < -0.3 is 4.52 Å². The standard InChI is InChI=1S/C13H19N5OS/c1-9-14-12(19-18-9)8-20-13-15-11(16-17-13)7-6-10-4-2-3-5-10/h10H,2-8H2,1H3,(H,15,16,17). The third kappa shape index (κ3) is 3.59. The molecule has 2 aromatic heterocycles. The summed E-state index contributed by atoms with van der Waals surface area (Å²) < 4.78 is 5.06. The molecule has 0 amide bonds. The van der Waals surface area contributed by atoms with E-state index in [4.69, 9.17) is 4.52 Å². The summed E-state index contributed by atoms with van der Waals surface area (Å²) >= 11 is 1.52. The molecule has 0 atom stereocenters. The normalized spacial score (nSPS) is 16.1. The summed E-state index contributed by atoms with van der Waals surface area (Å²) in [5, 5.41) is 11.8. The maximum absolute atomic E-state index is 5.06. The highest BCUT2D eigenvalue weighted by molar-refractivity contribution is 7.98. The molecule has 3 rings (SSSR count). The smallest absolute Gasteiger partial charge is 0.237 e. The van der Waals surface area contributed by atoms with Gasteiger partial charge in [-0.3, -0.25) is 5.10 Å². The molecule has 0 aromatic carbocycles. The van der Waals surface area contributed by atoms with Gasteiger partial charge in [0.1, 0.15) is 5.82 Å². The van der Waals surface area contributed by atoms with Gasteiger partial charge >= 0.3 is 0 Å². The average molecular weight is 293 g/mol. The Morgan fingerprint density at radius 3 is 2.90 bits per heavy atom. The van der Waals surface area contributed by atoms with Gasteiger partial charge in [-0.25, -0.2) is 4.98 Å². The second-order valence-corrected chi connectivity index (χ2v) is 6.22. The van der Waals surface area contributed by atoms with E-state index in [1.54, 1.807) is 0 Å². The van der Waals surface area contributed by atoms with Crippen molar-refractivity contribution in [2.45, 2.75) is 56.4 Å². The lowest BCUT2D eigenvalue weighted by atomic mass is 10.0. The molecule has 2 aromatic rings. The number of rotatable bonds is 6. The largest absolute Gasteiger partial charge is 0.338 e. The van der Waals surface area contributed by atoms with Crippen LogP contribution in [0.4, 0.5) is 0 Å². The van der Waals surface area contributed by atoms with Gasteiger partial charge in [0, 0.05) is 6.42 Å². The third-order valence-corrected chi connectivity index (χ3v) is 4.50. The van der Waals surface area contributed by atoms with Crippen LogP contribution in [-0.4, -0.2) is 25.3 Å². The number of aromatic amines is 1. The van der Waals surface area contributed by atoms with Crippen molar-refractivity contribution in [3.8, 4) is 0 Å². The Labute approximate surface area is 122 Å². The summed E-state index contributed by atoms with van der Waals surface area (Å²) in [7, 11) is 0. The SMILES string of the molecule is Cc1noc(CSc2n[nH]c(CCC3CCCC3)n2)n1. The fraction of sp³-hybridized carbons (Fsp3) is 0.692. The predicted octanol–water partition coefficient (Wildman–Crippen LogP) is 2.91. The monoisotopic (exact) mass is 293 g/mol. The van der Waals surface area contributed by atoms with Crippen molar-refractivity contribution in [2.24, 2.45) is 5.92 Å². The highest BCUT2D eigenvalue weighted by atomic mass is 32.2. The first-order chi connectivity index (χ1) is 9.79. The van der Waals surface area contributed by atoms with Crippen molar-refractivity contribution in [1.82, 2.24) is 25.3 Å². The quantitative estimate of drug-likeness (QED) is 0.825. The number of hydrogen-bond donors (Lipinski definition) is 1. The molecule has 1 aliphatic carbocycles. The van der Waals surface area contributed by atoms with Gasteiger partial charge in [0.15, 0.2) is 5.82 Å². The second kappa shape index (κ2) is 6.39. The molecule has 0 saturated heterocycles. The van der Waals surface area contributed by atoms with E-state index in [9.17, 15) is 0 Å². The van der Waals surface area contributed by atoms with Gasteiger partial charge in [-0.2, -0.15) is 4.98 Å². The molecular formula is C13H19N5OS. The minimum absolute atomic E-state index is 0.612. The van der Waals surface area contributed by atoms with Crippen LogP contribution in [0.15, 0.2) is 9.68 Å². The van der Waals surface area contributed by atoms with E-state index in [1.807, 2.05) is 6.92 Å². The lowest BCUT2D eigenvalue weighted by Gasteiger charge is -2.05. The molecule has 2 heterocycles. The van der Waals surface area contributed by atoms with Crippen molar-refractivity contribution in [3.05, 3.63) is 17.5 Å². The Bertz CT molecular complexity index is 546. The number of nitrogens with zero attached hydrogens (tertiary/aromatic N) is 4. The zero-order chi connectivity index (χ0) is 13.8. The molecular weight excluding hydrogens is 274 g/mol. The number of aryl methyl sites for hydroxylation is 2. The van der Waals surface area contributed by atoms with E-state index in [0.29, 0.717) is 17.5 Å². The van der Waals surface area contributed by atoms with Crippen molar-refractivity contribution in [1.29, 1.82) is 0 Å². The Morgan fingerprint density at radius 2 is 2.15 bits per heavy atom. The topological polar surface area (TPSA) is 80.5 Å². The summed E-state index contributed by atoms with van der Waals surface area (Å²) in [4.78, 5) is 8.66. The fourth-order valence-corrected chi connectivity index (χ4v) is 3.27. The minimum Gasteiger partial charge on any atom is -0.338 e. The Hall–Kier alpha value is -1.37. The van der Waals surface area contributed by atoms with Gasteiger partial charge in [-0.1, -0.05) is 42.6 Å². The molecule has 0 bridgehead atoms. The average Bonchev–Trinajstić information content (AvgIpc) is 3.16. The van der Waals surface area contributed by atoms with Crippen LogP contribution in [0.25, 0.3) is 0 Å². The molecule has 1 saturated carbocycles. The van der Waals surface area contributed by atoms with Crippen LogP contribution in [0.1, 0.15) is 49.6 Å². The first-order valence-electron chi connectivity index (χ1n) is 7.13. The van der Waals surface area contributed by atoms with Crippen LogP contribution in [0.3, 0.4) is 0 Å². The first kappa shape index (κ1) is 13.6. The highest BCUT2D eigenvalue weighted by Crippen LogP contribution is 2.28. The van der Waals surface area contributed by atoms with Gasteiger partial charge in [0.2, 0.25) is 11.0 Å². The van der Waals surface area contributed by atoms with E-state index in [1.165, 1.54) is 43.9 Å². The van der Waals surface area contributed by atoms with Crippen LogP contribution in [0, 0.1) is 12.8 Å². The van der Waals surface area contributed by atoms with E-state index in [0.717, 1.165) is 23.3 Å². The Kier molecular flexibility index (Phi) is 4.34. The Morgan fingerprint density at radius 1 is 1.30 bits per heavy atom. The van der Waals surface area contributed by atoms with Crippen LogP contribution in [0.5, 0.6) is 0 Å². The third-order valence-electron chi connectivity index (χ3n) is 3.67. The molecule has 7 heteroatoms. The van der Waals surface area contributed by atoms with Crippen LogP contribution in [0.2, 0.25) is 0 Å². The van der Waals surface area contributed by atoms with Crippen molar-refractivity contribution >= 4 is 11.8 Å². The van der Waals surface area contributed by atoms with Crippen molar-refractivity contribution in [3.63, 3.8) is 0 Å². The van der Waals surface area contributed by atoms with E-state index in [-0.39, 0.29) is 0 Å². The number of hydrogen-bond acceptors (Lipinski definition) is 6. The maximum atomic E-state index is 5.06. The summed E-state index contributed by atoms with van der Waals surface area (Å²) in [6.45, 7) is 1.81. The van der Waals surface area contributed by atoms with E-state index < -0.39 is 0 Å². The second-order valence-electron chi connectivity index (χ2n) is 5.28. The molecule has 108 valence electrons. The predicted molar refractivity (Wildman–Crippen MR) is 75.3 cm³/mol. The summed E-state index contributed by atoms with van der Waals surface area (Å²) in [5.41, 5.74) is 0. The highest BCUT2D eigenvalue weighted by Gasteiger charge is 2.15. The molecule has 1 aliphatic rings. The summed E-state index contributed by atoms with van der Waals surface area (Å²) in [6, 6.07) is 0. The van der Waals surface area contributed by atoms with Crippen molar-refractivity contribution in [2.75, 3.05) is 0 Å². The van der Waals surface area contributed by atoms with E-state index in [2.05, 4.69) is 25.3 Å². The maximum Gasteiger partial charge on any atom is 0.237 e. The van der Waals surface area contributed by atoms with Crippen molar-refractivity contribution < 1.29 is 4.52 Å². The van der Waals surface area contributed by atoms with Gasteiger partial charge in [-0.05, 0) is 19.3 Å². The molecule has 0 spiro atoms. The lowest BCUT2D eigenvalue weighted by molar-refractivity contribution is 0.387. The van der Waals surface area contributed by atoms with Gasteiger partial charge in [-0.15, -0.1) is 5.10 Å². The minimum atomic E-state index is 0.612. The Balaban J connectivity index is 1.46. The first-order valence-corrected chi connectivity index (χ1v) is 8.11. The zero-order valence-corrected chi connectivity index (χ0v) is 12.4. The number of thioether (sulfide) groups is 1. The fourth-order valence-electron chi connectivity index (χ4n) is 2.62. The van der Waals surface area contributed by atoms with Crippen LogP contribution < -0.4 is 0 Å².